The smallest absolute Gasteiger partial charge is 0.157 e. The van der Waals surface area contributed by atoms with E-state index in [-0.39, 0.29) is 0 Å². The fraction of sp³-hybridized carbons (Fsp3) is 0.368. The summed E-state index contributed by atoms with van der Waals surface area (Å²) in [5.74, 6) is 1.45. The van der Waals surface area contributed by atoms with E-state index in [0.29, 0.717) is 5.92 Å². The Hall–Kier alpha value is -2.60. The van der Waals surface area contributed by atoms with Gasteiger partial charge >= 0.3 is 0 Å². The molecule has 128 valence electrons. The number of piperidine rings is 1. The Morgan fingerprint density at radius 2 is 1.92 bits per heavy atom. The number of rotatable bonds is 5. The van der Waals surface area contributed by atoms with Gasteiger partial charge in [0.2, 0.25) is 0 Å². The van der Waals surface area contributed by atoms with Crippen molar-refractivity contribution >= 4 is 0 Å². The molecule has 0 saturated carbocycles. The summed E-state index contributed by atoms with van der Waals surface area (Å²) >= 11 is 0. The molecule has 6 nitrogen and oxygen atoms in total. The van der Waals surface area contributed by atoms with Crippen LogP contribution in [0.15, 0.2) is 49.3 Å². The van der Waals surface area contributed by atoms with Gasteiger partial charge in [0.1, 0.15) is 5.69 Å². The molecule has 0 aliphatic carbocycles. The molecule has 3 aromatic heterocycles. The molecule has 6 heteroatoms. The van der Waals surface area contributed by atoms with Crippen LogP contribution in [0.4, 0.5) is 0 Å². The maximum atomic E-state index is 4.57. The highest BCUT2D eigenvalue weighted by atomic mass is 15.1. The van der Waals surface area contributed by atoms with Crippen LogP contribution in [0.1, 0.15) is 24.1 Å². The highest BCUT2D eigenvalue weighted by molar-refractivity contribution is 5.51. The molecule has 1 aliphatic rings. The number of aromatic nitrogens is 5. The van der Waals surface area contributed by atoms with E-state index in [1.807, 2.05) is 24.7 Å². The van der Waals surface area contributed by atoms with Crippen molar-refractivity contribution in [3.8, 4) is 11.5 Å². The van der Waals surface area contributed by atoms with Crippen LogP contribution in [0.3, 0.4) is 0 Å². The Kier molecular flexibility index (Phi) is 4.79. The Morgan fingerprint density at radius 1 is 1.04 bits per heavy atom. The van der Waals surface area contributed by atoms with Gasteiger partial charge in [-0.25, -0.2) is 9.97 Å². The largest absolute Gasteiger partial charge is 0.343 e. The van der Waals surface area contributed by atoms with Gasteiger partial charge in [0, 0.05) is 43.7 Å². The molecule has 25 heavy (non-hydrogen) atoms. The Morgan fingerprint density at radius 3 is 2.68 bits per heavy atom. The number of H-pyrrole nitrogens is 1. The van der Waals surface area contributed by atoms with E-state index < -0.39 is 0 Å². The van der Waals surface area contributed by atoms with Gasteiger partial charge in [0.05, 0.1) is 5.69 Å². The summed E-state index contributed by atoms with van der Waals surface area (Å²) in [6.07, 6.45) is 14.2. The maximum absolute atomic E-state index is 4.57. The molecule has 0 unspecified atom stereocenters. The molecule has 3 aromatic rings. The molecule has 4 rings (SSSR count). The topological polar surface area (TPSA) is 70.6 Å². The van der Waals surface area contributed by atoms with Gasteiger partial charge < -0.3 is 4.98 Å². The number of hydrogen-bond donors (Lipinski definition) is 1. The molecule has 1 N–H and O–H groups in total. The molecule has 1 aliphatic heterocycles. The number of aromatic amines is 1. The van der Waals surface area contributed by atoms with Crippen LogP contribution in [-0.4, -0.2) is 42.9 Å². The van der Waals surface area contributed by atoms with Gasteiger partial charge in [-0.05, 0) is 49.9 Å². The van der Waals surface area contributed by atoms with E-state index in [0.717, 1.165) is 43.3 Å². The Labute approximate surface area is 147 Å². The third-order valence-electron chi connectivity index (χ3n) is 4.81. The summed E-state index contributed by atoms with van der Waals surface area (Å²) < 4.78 is 0. The lowest BCUT2D eigenvalue weighted by atomic mass is 9.91. The minimum atomic E-state index is 0.649. The van der Waals surface area contributed by atoms with Crippen molar-refractivity contribution in [3.05, 3.63) is 60.6 Å². The summed E-state index contributed by atoms with van der Waals surface area (Å²) in [6, 6.07) is 4.15. The molecule has 4 heterocycles. The Bertz CT molecular complexity index is 779. The zero-order valence-electron chi connectivity index (χ0n) is 14.2. The fourth-order valence-corrected chi connectivity index (χ4v) is 3.48. The minimum Gasteiger partial charge on any atom is -0.343 e. The van der Waals surface area contributed by atoms with E-state index in [9.17, 15) is 0 Å². The quantitative estimate of drug-likeness (QED) is 0.777. The lowest BCUT2D eigenvalue weighted by Gasteiger charge is -2.31. The second-order valence-electron chi connectivity index (χ2n) is 6.57. The monoisotopic (exact) mass is 334 g/mol. The molecule has 0 atom stereocenters. The fourth-order valence-electron chi connectivity index (χ4n) is 3.48. The van der Waals surface area contributed by atoms with E-state index in [4.69, 9.17) is 0 Å². The molecular weight excluding hydrogens is 312 g/mol. The van der Waals surface area contributed by atoms with Crippen LogP contribution in [0.2, 0.25) is 0 Å². The van der Waals surface area contributed by atoms with Crippen molar-refractivity contribution in [1.82, 2.24) is 29.8 Å². The van der Waals surface area contributed by atoms with Gasteiger partial charge in [-0.15, -0.1) is 0 Å². The number of hydrogen-bond acceptors (Lipinski definition) is 5. The highest BCUT2D eigenvalue weighted by Gasteiger charge is 2.22. The van der Waals surface area contributed by atoms with Gasteiger partial charge in [-0.1, -0.05) is 6.07 Å². The number of nitrogens with zero attached hydrogens (tertiary/aromatic N) is 5. The van der Waals surface area contributed by atoms with Crippen molar-refractivity contribution < 1.29 is 0 Å². The second-order valence-corrected chi connectivity index (χ2v) is 6.57. The van der Waals surface area contributed by atoms with E-state index in [1.165, 1.54) is 18.4 Å². The molecular formula is C19H22N6. The average Bonchev–Trinajstić information content (AvgIpc) is 3.19. The number of imidazole rings is 1. The minimum absolute atomic E-state index is 0.649. The Balaban J connectivity index is 1.36. The van der Waals surface area contributed by atoms with Crippen molar-refractivity contribution in [2.24, 2.45) is 5.92 Å². The molecule has 0 radical (unpaired) electrons. The van der Waals surface area contributed by atoms with Gasteiger partial charge in [0.25, 0.3) is 0 Å². The van der Waals surface area contributed by atoms with E-state index in [1.54, 1.807) is 18.6 Å². The second kappa shape index (κ2) is 7.53. The maximum Gasteiger partial charge on any atom is 0.157 e. The normalized spacial score (nSPS) is 16.2. The standard InChI is InChI=1S/C19H22N6/c1-2-16(13-20-5-1)14-25-10-3-15(4-11-25)12-17-18(22-7-6-21-17)19-23-8-9-24-19/h1-2,5-9,13,15H,3-4,10-12,14H2,(H,23,24). The molecule has 1 saturated heterocycles. The van der Waals surface area contributed by atoms with Crippen molar-refractivity contribution in [2.45, 2.75) is 25.8 Å². The molecule has 1 fully saturated rings. The third kappa shape index (κ3) is 3.91. The van der Waals surface area contributed by atoms with Crippen molar-refractivity contribution in [3.63, 3.8) is 0 Å². The predicted molar refractivity (Wildman–Crippen MR) is 95.6 cm³/mol. The van der Waals surface area contributed by atoms with Crippen LogP contribution >= 0.6 is 0 Å². The van der Waals surface area contributed by atoms with Crippen LogP contribution < -0.4 is 0 Å². The van der Waals surface area contributed by atoms with E-state index in [2.05, 4.69) is 35.9 Å². The lowest BCUT2D eigenvalue weighted by molar-refractivity contribution is 0.176. The molecule has 0 bridgehead atoms. The first-order valence-corrected chi connectivity index (χ1v) is 8.79. The number of pyridine rings is 1. The molecule has 0 amide bonds. The van der Waals surface area contributed by atoms with Crippen molar-refractivity contribution in [2.75, 3.05) is 13.1 Å². The van der Waals surface area contributed by atoms with Gasteiger partial charge in [-0.2, -0.15) is 0 Å². The predicted octanol–water partition coefficient (Wildman–Crippen LogP) is 2.72. The first-order chi connectivity index (χ1) is 12.4. The average molecular weight is 334 g/mol. The first-order valence-electron chi connectivity index (χ1n) is 8.79. The summed E-state index contributed by atoms with van der Waals surface area (Å²) in [5.41, 5.74) is 3.21. The van der Waals surface area contributed by atoms with Gasteiger partial charge in [-0.3, -0.25) is 14.9 Å². The lowest BCUT2D eigenvalue weighted by Crippen LogP contribution is -2.34. The zero-order valence-corrected chi connectivity index (χ0v) is 14.2. The first kappa shape index (κ1) is 15.9. The van der Waals surface area contributed by atoms with Crippen LogP contribution in [0.5, 0.6) is 0 Å². The van der Waals surface area contributed by atoms with Crippen LogP contribution in [0, 0.1) is 5.92 Å². The summed E-state index contributed by atoms with van der Waals surface area (Å²) in [4.78, 5) is 23.2. The zero-order chi connectivity index (χ0) is 16.9. The number of likely N-dealkylation sites (tertiary alicyclic amines) is 1. The van der Waals surface area contributed by atoms with Gasteiger partial charge in [0.15, 0.2) is 5.82 Å². The number of nitrogens with one attached hydrogen (secondary N) is 1. The molecule has 0 spiro atoms. The van der Waals surface area contributed by atoms with Crippen molar-refractivity contribution in [1.29, 1.82) is 0 Å². The van der Waals surface area contributed by atoms with E-state index >= 15 is 0 Å². The summed E-state index contributed by atoms with van der Waals surface area (Å²) in [6.45, 7) is 3.23. The molecule has 0 aromatic carbocycles. The van der Waals surface area contributed by atoms with Crippen LogP contribution in [-0.2, 0) is 13.0 Å². The summed E-state index contributed by atoms with van der Waals surface area (Å²) in [7, 11) is 0. The highest BCUT2D eigenvalue weighted by Crippen LogP contribution is 2.25. The SMILES string of the molecule is c1cncc(CN2CCC(Cc3nccnc3-c3ncc[nH]3)CC2)c1. The third-order valence-corrected chi connectivity index (χ3v) is 4.81. The van der Waals surface area contributed by atoms with Crippen LogP contribution in [0.25, 0.3) is 11.5 Å². The summed E-state index contributed by atoms with van der Waals surface area (Å²) in [5, 5.41) is 0.